The first-order valence-corrected chi connectivity index (χ1v) is 9.12. The molecule has 0 unspecified atom stereocenters. The van der Waals surface area contributed by atoms with Gasteiger partial charge in [0.1, 0.15) is 11.3 Å². The Bertz CT molecular complexity index is 971. The molecule has 0 radical (unpaired) electrons. The molecule has 0 aliphatic heterocycles. The molecular weight excluding hydrogens is 350 g/mol. The number of phenols is 1. The fourth-order valence-electron chi connectivity index (χ4n) is 2.50. The molecular formula is C20H17NO4S. The summed E-state index contributed by atoms with van der Waals surface area (Å²) in [7, 11) is 0. The number of phenolic OH excluding ortho intramolecular Hbond substituents is 1. The second kappa shape index (κ2) is 7.93. The van der Waals surface area contributed by atoms with E-state index in [-0.39, 0.29) is 11.3 Å². The Morgan fingerprint density at radius 2 is 1.77 bits per heavy atom. The number of carbonyl (C=O) groups excluding carboxylic acids is 2. The van der Waals surface area contributed by atoms with Gasteiger partial charge in [-0.3, -0.25) is 4.79 Å². The van der Waals surface area contributed by atoms with Crippen molar-refractivity contribution in [3.8, 4) is 5.75 Å². The molecule has 0 fully saturated rings. The van der Waals surface area contributed by atoms with Gasteiger partial charge in [0.05, 0.1) is 0 Å². The molecule has 3 rings (SSSR count). The Morgan fingerprint density at radius 1 is 1.04 bits per heavy atom. The second-order valence-corrected chi connectivity index (χ2v) is 6.45. The summed E-state index contributed by atoms with van der Waals surface area (Å²) in [5, 5.41) is 14.3. The summed E-state index contributed by atoms with van der Waals surface area (Å²) in [6.07, 6.45) is 1.94. The molecule has 0 heterocycles. The summed E-state index contributed by atoms with van der Waals surface area (Å²) in [6.45, 7) is -0.436. The van der Waals surface area contributed by atoms with E-state index in [0.29, 0.717) is 5.69 Å². The quantitative estimate of drug-likeness (QED) is 0.525. The summed E-state index contributed by atoms with van der Waals surface area (Å²) >= 11 is 1.56. The average Bonchev–Trinajstić information content (AvgIpc) is 2.65. The lowest BCUT2D eigenvalue weighted by Gasteiger charge is -2.09. The lowest BCUT2D eigenvalue weighted by Crippen LogP contribution is -2.21. The number of amides is 1. The molecule has 132 valence electrons. The van der Waals surface area contributed by atoms with Crippen LogP contribution >= 0.6 is 11.8 Å². The Morgan fingerprint density at radius 3 is 2.50 bits per heavy atom. The smallest absolute Gasteiger partial charge is 0.342 e. The van der Waals surface area contributed by atoms with Crippen molar-refractivity contribution in [2.45, 2.75) is 4.90 Å². The zero-order valence-electron chi connectivity index (χ0n) is 14.1. The van der Waals surface area contributed by atoms with Gasteiger partial charge in [0, 0.05) is 10.6 Å². The number of hydrogen-bond donors (Lipinski definition) is 2. The lowest BCUT2D eigenvalue weighted by molar-refractivity contribution is -0.119. The molecule has 0 atom stereocenters. The topological polar surface area (TPSA) is 75.6 Å². The molecule has 26 heavy (non-hydrogen) atoms. The maximum atomic E-state index is 12.2. The molecule has 0 bridgehead atoms. The van der Waals surface area contributed by atoms with Gasteiger partial charge in [-0.15, -0.1) is 11.8 Å². The Balaban J connectivity index is 1.64. The number of carbonyl (C=O) groups is 2. The molecule has 3 aromatic carbocycles. The Labute approximate surface area is 155 Å². The van der Waals surface area contributed by atoms with E-state index in [2.05, 4.69) is 5.32 Å². The minimum absolute atomic E-state index is 0.0286. The first-order chi connectivity index (χ1) is 12.6. The van der Waals surface area contributed by atoms with E-state index in [1.54, 1.807) is 23.9 Å². The van der Waals surface area contributed by atoms with Crippen molar-refractivity contribution in [3.05, 3.63) is 66.2 Å². The van der Waals surface area contributed by atoms with E-state index in [1.165, 1.54) is 6.07 Å². The van der Waals surface area contributed by atoms with Gasteiger partial charge in [0.2, 0.25) is 0 Å². The van der Waals surface area contributed by atoms with Crippen LogP contribution in [0.25, 0.3) is 10.8 Å². The van der Waals surface area contributed by atoms with Gasteiger partial charge in [-0.2, -0.15) is 0 Å². The summed E-state index contributed by atoms with van der Waals surface area (Å²) < 4.78 is 5.03. The average molecular weight is 367 g/mol. The maximum Gasteiger partial charge on any atom is 0.342 e. The number of ether oxygens (including phenoxy) is 1. The van der Waals surface area contributed by atoms with Gasteiger partial charge < -0.3 is 15.2 Å². The number of anilines is 1. The van der Waals surface area contributed by atoms with Gasteiger partial charge in [0.25, 0.3) is 5.91 Å². The minimum Gasteiger partial charge on any atom is -0.507 e. The van der Waals surface area contributed by atoms with Gasteiger partial charge in [-0.1, -0.05) is 30.3 Å². The predicted molar refractivity (Wildman–Crippen MR) is 103 cm³/mol. The van der Waals surface area contributed by atoms with E-state index < -0.39 is 18.5 Å². The highest BCUT2D eigenvalue weighted by Gasteiger charge is 2.15. The van der Waals surface area contributed by atoms with E-state index in [4.69, 9.17) is 4.74 Å². The van der Waals surface area contributed by atoms with E-state index in [9.17, 15) is 14.7 Å². The summed E-state index contributed by atoms with van der Waals surface area (Å²) in [5.74, 6) is -1.38. The number of hydrogen-bond acceptors (Lipinski definition) is 5. The van der Waals surface area contributed by atoms with Crippen LogP contribution in [0.4, 0.5) is 5.69 Å². The van der Waals surface area contributed by atoms with Crippen LogP contribution in [0.2, 0.25) is 0 Å². The van der Waals surface area contributed by atoms with Crippen molar-refractivity contribution in [2.24, 2.45) is 0 Å². The predicted octanol–water partition coefficient (Wildman–Crippen LogP) is 4.06. The second-order valence-electron chi connectivity index (χ2n) is 5.57. The standard InChI is InChI=1S/C20H17NO4S/c1-26-16-8-4-7-15(11-16)21-19(23)12-25-20(24)17-9-13-5-2-3-6-14(13)10-18(17)22/h2-11,22H,12H2,1H3,(H,21,23). The fraction of sp³-hybridized carbons (Fsp3) is 0.100. The minimum atomic E-state index is -0.749. The van der Waals surface area contributed by atoms with Crippen LogP contribution in [-0.2, 0) is 9.53 Å². The molecule has 0 aromatic heterocycles. The molecule has 1 amide bonds. The van der Waals surface area contributed by atoms with Crippen LogP contribution in [0.1, 0.15) is 10.4 Å². The van der Waals surface area contributed by atoms with Crippen molar-refractivity contribution in [2.75, 3.05) is 18.2 Å². The van der Waals surface area contributed by atoms with Gasteiger partial charge in [-0.25, -0.2) is 4.79 Å². The zero-order chi connectivity index (χ0) is 18.5. The summed E-state index contributed by atoms with van der Waals surface area (Å²) in [4.78, 5) is 25.2. The van der Waals surface area contributed by atoms with Crippen molar-refractivity contribution in [3.63, 3.8) is 0 Å². The van der Waals surface area contributed by atoms with Crippen molar-refractivity contribution in [1.29, 1.82) is 0 Å². The molecule has 0 aliphatic carbocycles. The number of aromatic hydroxyl groups is 1. The van der Waals surface area contributed by atoms with Gasteiger partial charge >= 0.3 is 5.97 Å². The molecule has 2 N–H and O–H groups in total. The number of thioether (sulfide) groups is 1. The molecule has 0 aliphatic rings. The third-order valence-electron chi connectivity index (χ3n) is 3.77. The van der Waals surface area contributed by atoms with Crippen LogP contribution < -0.4 is 5.32 Å². The molecule has 5 nitrogen and oxygen atoms in total. The van der Waals surface area contributed by atoms with Crippen LogP contribution in [0.3, 0.4) is 0 Å². The van der Waals surface area contributed by atoms with Crippen LogP contribution in [0.15, 0.2) is 65.6 Å². The maximum absolute atomic E-state index is 12.2. The first kappa shape index (κ1) is 17.8. The normalized spacial score (nSPS) is 10.5. The molecule has 6 heteroatoms. The van der Waals surface area contributed by atoms with E-state index in [0.717, 1.165) is 15.7 Å². The highest BCUT2D eigenvalue weighted by Crippen LogP contribution is 2.25. The van der Waals surface area contributed by atoms with E-state index >= 15 is 0 Å². The van der Waals surface area contributed by atoms with Crippen LogP contribution in [0, 0.1) is 0 Å². The monoisotopic (exact) mass is 367 g/mol. The highest BCUT2D eigenvalue weighted by molar-refractivity contribution is 7.98. The van der Waals surface area contributed by atoms with Crippen LogP contribution in [-0.4, -0.2) is 29.8 Å². The number of rotatable bonds is 5. The summed E-state index contributed by atoms with van der Waals surface area (Å²) in [6, 6.07) is 17.8. The number of esters is 1. The third kappa shape index (κ3) is 4.15. The molecule has 3 aromatic rings. The number of nitrogens with one attached hydrogen (secondary N) is 1. The molecule has 0 saturated carbocycles. The van der Waals surface area contributed by atoms with Crippen molar-refractivity contribution >= 4 is 40.1 Å². The number of benzene rings is 3. The van der Waals surface area contributed by atoms with Crippen molar-refractivity contribution in [1.82, 2.24) is 0 Å². The zero-order valence-corrected chi connectivity index (χ0v) is 14.9. The van der Waals surface area contributed by atoms with Crippen molar-refractivity contribution < 1.29 is 19.4 Å². The lowest BCUT2D eigenvalue weighted by atomic mass is 10.1. The molecule has 0 spiro atoms. The first-order valence-electron chi connectivity index (χ1n) is 7.89. The van der Waals surface area contributed by atoms with Gasteiger partial charge in [0.15, 0.2) is 6.61 Å². The summed E-state index contributed by atoms with van der Waals surface area (Å²) in [5.41, 5.74) is 0.660. The highest BCUT2D eigenvalue weighted by atomic mass is 32.2. The Hall–Kier alpha value is -2.99. The Kier molecular flexibility index (Phi) is 5.43. The SMILES string of the molecule is CSc1cccc(NC(=O)COC(=O)c2cc3ccccc3cc2O)c1. The van der Waals surface area contributed by atoms with Gasteiger partial charge in [-0.05, 0) is 47.4 Å². The fourth-order valence-corrected chi connectivity index (χ4v) is 2.96. The molecule has 0 saturated heterocycles. The van der Waals surface area contributed by atoms with E-state index in [1.807, 2.05) is 48.7 Å². The third-order valence-corrected chi connectivity index (χ3v) is 4.50. The van der Waals surface area contributed by atoms with Crippen LogP contribution in [0.5, 0.6) is 5.75 Å². The largest absolute Gasteiger partial charge is 0.507 e. The number of fused-ring (bicyclic) bond motifs is 1.